The minimum atomic E-state index is -0.452. The highest BCUT2D eigenvalue weighted by Crippen LogP contribution is 2.33. The zero-order valence-electron chi connectivity index (χ0n) is 18.1. The van der Waals surface area contributed by atoms with E-state index in [1.807, 2.05) is 43.3 Å². The molecular formula is C23H33Cl2N3O3. The van der Waals surface area contributed by atoms with Crippen LogP contribution in [-0.4, -0.2) is 23.0 Å². The molecule has 0 bridgehead atoms. The molecule has 3 rings (SSSR count). The van der Waals surface area contributed by atoms with E-state index < -0.39 is 5.54 Å². The standard InChI is InChI=1S/C23H31N3O3.2ClH/c1-3-15-28-19-11-4-5-12-20(19)29-22-17(9-8-14-25-22)16-26-21(27)18-10-6-7-13-23(18,2)24;;/h4-5,8-9,11-12,14,18H,3,6-7,10,13,15-16,24H2,1-2H3,(H,26,27);2*1H. The number of benzene rings is 1. The average molecular weight is 470 g/mol. The molecule has 2 atom stereocenters. The second kappa shape index (κ2) is 12.7. The number of rotatable bonds is 8. The summed E-state index contributed by atoms with van der Waals surface area (Å²) in [5.74, 6) is 1.57. The van der Waals surface area contributed by atoms with Gasteiger partial charge in [0.05, 0.1) is 12.5 Å². The Bertz CT molecular complexity index is 833. The third-order valence-corrected chi connectivity index (χ3v) is 5.39. The summed E-state index contributed by atoms with van der Waals surface area (Å²) in [5.41, 5.74) is 6.72. The molecular weight excluding hydrogens is 437 g/mol. The van der Waals surface area contributed by atoms with Crippen molar-refractivity contribution in [3.63, 3.8) is 0 Å². The van der Waals surface area contributed by atoms with E-state index in [9.17, 15) is 4.79 Å². The summed E-state index contributed by atoms with van der Waals surface area (Å²) in [6.45, 7) is 4.99. The molecule has 6 nitrogen and oxygen atoms in total. The van der Waals surface area contributed by atoms with Gasteiger partial charge in [-0.05, 0) is 44.4 Å². The van der Waals surface area contributed by atoms with Gasteiger partial charge in [-0.25, -0.2) is 4.98 Å². The molecule has 1 aromatic carbocycles. The van der Waals surface area contributed by atoms with Crippen LogP contribution in [0.5, 0.6) is 17.4 Å². The van der Waals surface area contributed by atoms with Gasteiger partial charge in [0.15, 0.2) is 11.5 Å². The highest BCUT2D eigenvalue weighted by molar-refractivity contribution is 5.85. The lowest BCUT2D eigenvalue weighted by Gasteiger charge is -2.37. The van der Waals surface area contributed by atoms with Crippen molar-refractivity contribution in [3.05, 3.63) is 48.2 Å². The highest BCUT2D eigenvalue weighted by Gasteiger charge is 2.37. The molecule has 172 valence electrons. The number of amides is 1. The quantitative estimate of drug-likeness (QED) is 0.565. The number of nitrogens with two attached hydrogens (primary N) is 1. The minimum Gasteiger partial charge on any atom is -0.490 e. The summed E-state index contributed by atoms with van der Waals surface area (Å²) in [4.78, 5) is 17.1. The lowest BCUT2D eigenvalue weighted by molar-refractivity contribution is -0.128. The van der Waals surface area contributed by atoms with Gasteiger partial charge in [0.25, 0.3) is 0 Å². The molecule has 2 unspecified atom stereocenters. The largest absolute Gasteiger partial charge is 0.490 e. The normalized spacial score (nSPS) is 20.0. The Balaban J connectivity index is 0.00000240. The smallest absolute Gasteiger partial charge is 0.225 e. The Kier molecular flexibility index (Phi) is 11.1. The zero-order valence-corrected chi connectivity index (χ0v) is 19.8. The fourth-order valence-corrected chi connectivity index (χ4v) is 3.71. The molecule has 1 fully saturated rings. The molecule has 8 heteroatoms. The third kappa shape index (κ3) is 7.27. The van der Waals surface area contributed by atoms with Crippen LogP contribution in [0.1, 0.15) is 51.5 Å². The van der Waals surface area contributed by atoms with Gasteiger partial charge in [0, 0.05) is 23.8 Å². The first-order chi connectivity index (χ1) is 14.0. The summed E-state index contributed by atoms with van der Waals surface area (Å²) in [6.07, 6.45) is 6.42. The molecule has 0 radical (unpaired) electrons. The van der Waals surface area contributed by atoms with Crippen molar-refractivity contribution >= 4 is 30.7 Å². The van der Waals surface area contributed by atoms with Crippen LogP contribution in [0.2, 0.25) is 0 Å². The van der Waals surface area contributed by atoms with Crippen LogP contribution in [0.15, 0.2) is 42.6 Å². The monoisotopic (exact) mass is 469 g/mol. The molecule has 1 amide bonds. The second-order valence-electron chi connectivity index (χ2n) is 7.89. The highest BCUT2D eigenvalue weighted by atomic mass is 35.5. The van der Waals surface area contributed by atoms with E-state index in [2.05, 4.69) is 17.2 Å². The van der Waals surface area contributed by atoms with E-state index in [1.165, 1.54) is 0 Å². The predicted octanol–water partition coefficient (Wildman–Crippen LogP) is 5.03. The molecule has 1 heterocycles. The topological polar surface area (TPSA) is 86.5 Å². The van der Waals surface area contributed by atoms with Crippen LogP contribution in [0.3, 0.4) is 0 Å². The first-order valence-corrected chi connectivity index (χ1v) is 10.4. The summed E-state index contributed by atoms with van der Waals surface area (Å²) in [5, 5.41) is 3.03. The lowest BCUT2D eigenvalue weighted by atomic mass is 9.74. The van der Waals surface area contributed by atoms with Crippen molar-refractivity contribution in [2.75, 3.05) is 6.61 Å². The van der Waals surface area contributed by atoms with Crippen LogP contribution in [-0.2, 0) is 11.3 Å². The maximum Gasteiger partial charge on any atom is 0.225 e. The van der Waals surface area contributed by atoms with Gasteiger partial charge >= 0.3 is 0 Å². The van der Waals surface area contributed by atoms with Gasteiger partial charge in [-0.3, -0.25) is 4.79 Å². The summed E-state index contributed by atoms with van der Waals surface area (Å²) >= 11 is 0. The number of ether oxygens (including phenoxy) is 2. The van der Waals surface area contributed by atoms with E-state index in [0.29, 0.717) is 30.5 Å². The van der Waals surface area contributed by atoms with Gasteiger partial charge in [-0.1, -0.05) is 38.0 Å². The second-order valence-corrected chi connectivity index (χ2v) is 7.89. The molecule has 0 spiro atoms. The molecule has 31 heavy (non-hydrogen) atoms. The van der Waals surface area contributed by atoms with Crippen molar-refractivity contribution in [2.24, 2.45) is 11.7 Å². The Labute approximate surface area is 197 Å². The average Bonchev–Trinajstić information content (AvgIpc) is 2.72. The van der Waals surface area contributed by atoms with Crippen molar-refractivity contribution in [1.82, 2.24) is 10.3 Å². The first-order valence-electron chi connectivity index (χ1n) is 10.4. The molecule has 2 aromatic rings. The van der Waals surface area contributed by atoms with Gasteiger partial charge in [0.2, 0.25) is 11.8 Å². The Morgan fingerprint density at radius 2 is 1.94 bits per heavy atom. The number of halogens is 2. The summed E-state index contributed by atoms with van der Waals surface area (Å²) in [6, 6.07) is 11.3. The van der Waals surface area contributed by atoms with E-state index in [4.69, 9.17) is 15.2 Å². The van der Waals surface area contributed by atoms with E-state index in [0.717, 1.165) is 37.7 Å². The molecule has 1 aliphatic carbocycles. The Hall–Kier alpha value is -2.02. The fraction of sp³-hybridized carbons (Fsp3) is 0.478. The number of nitrogens with zero attached hydrogens (tertiary/aromatic N) is 1. The van der Waals surface area contributed by atoms with Crippen LogP contribution >= 0.6 is 24.8 Å². The van der Waals surface area contributed by atoms with Crippen molar-refractivity contribution in [3.8, 4) is 17.4 Å². The minimum absolute atomic E-state index is 0. The maximum atomic E-state index is 12.8. The van der Waals surface area contributed by atoms with Crippen molar-refractivity contribution in [2.45, 2.75) is 58.0 Å². The third-order valence-electron chi connectivity index (χ3n) is 5.39. The van der Waals surface area contributed by atoms with Crippen LogP contribution in [0.4, 0.5) is 0 Å². The van der Waals surface area contributed by atoms with Gasteiger partial charge in [0.1, 0.15) is 0 Å². The first kappa shape index (κ1) is 27.0. The van der Waals surface area contributed by atoms with Crippen molar-refractivity contribution in [1.29, 1.82) is 0 Å². The Morgan fingerprint density at radius 3 is 2.65 bits per heavy atom. The number of para-hydroxylation sites is 2. The van der Waals surface area contributed by atoms with E-state index in [-0.39, 0.29) is 36.6 Å². The van der Waals surface area contributed by atoms with Crippen LogP contribution in [0.25, 0.3) is 0 Å². The van der Waals surface area contributed by atoms with Gasteiger partial charge < -0.3 is 20.5 Å². The number of carbonyl (C=O) groups is 1. The van der Waals surface area contributed by atoms with E-state index in [1.54, 1.807) is 6.20 Å². The summed E-state index contributed by atoms with van der Waals surface area (Å²) < 4.78 is 11.8. The fourth-order valence-electron chi connectivity index (χ4n) is 3.71. The van der Waals surface area contributed by atoms with Gasteiger partial charge in [-0.15, -0.1) is 24.8 Å². The lowest BCUT2D eigenvalue weighted by Crippen LogP contribution is -2.52. The number of hydrogen-bond acceptors (Lipinski definition) is 5. The van der Waals surface area contributed by atoms with Gasteiger partial charge in [-0.2, -0.15) is 0 Å². The number of hydrogen-bond donors (Lipinski definition) is 2. The predicted molar refractivity (Wildman–Crippen MR) is 127 cm³/mol. The molecule has 1 saturated carbocycles. The van der Waals surface area contributed by atoms with E-state index >= 15 is 0 Å². The molecule has 1 aromatic heterocycles. The maximum absolute atomic E-state index is 12.8. The van der Waals surface area contributed by atoms with Crippen LogP contribution in [0, 0.1) is 5.92 Å². The number of nitrogens with one attached hydrogen (secondary N) is 1. The Morgan fingerprint density at radius 1 is 1.19 bits per heavy atom. The molecule has 3 N–H and O–H groups in total. The van der Waals surface area contributed by atoms with Crippen molar-refractivity contribution < 1.29 is 14.3 Å². The number of carbonyl (C=O) groups excluding carboxylic acids is 1. The number of pyridine rings is 1. The molecule has 0 saturated heterocycles. The zero-order chi connectivity index (χ0) is 20.7. The number of aromatic nitrogens is 1. The molecule has 1 aliphatic rings. The summed E-state index contributed by atoms with van der Waals surface area (Å²) in [7, 11) is 0. The molecule has 0 aliphatic heterocycles. The van der Waals surface area contributed by atoms with Crippen LogP contribution < -0.4 is 20.5 Å². The SMILES string of the molecule is CCCOc1ccccc1Oc1ncccc1CNC(=O)C1CCCCC1(C)N.Cl.Cl.